The molecule has 1 N–H and O–H groups in total. The number of hydrogen-bond acceptors (Lipinski definition) is 6. The van der Waals surface area contributed by atoms with Crippen LogP contribution in [0.2, 0.25) is 0 Å². The molecular formula is C26H27BrFN7O. The summed E-state index contributed by atoms with van der Waals surface area (Å²) in [5, 5.41) is 8.37. The van der Waals surface area contributed by atoms with E-state index in [0.717, 1.165) is 21.0 Å². The molecule has 0 radical (unpaired) electrons. The van der Waals surface area contributed by atoms with Crippen LogP contribution in [0.25, 0.3) is 16.7 Å². The molecule has 0 spiro atoms. The number of rotatable bonds is 5. The van der Waals surface area contributed by atoms with Gasteiger partial charge in [-0.1, -0.05) is 34.1 Å². The van der Waals surface area contributed by atoms with E-state index in [2.05, 4.69) is 52.2 Å². The van der Waals surface area contributed by atoms with Crippen LogP contribution >= 0.6 is 15.9 Å². The highest BCUT2D eigenvalue weighted by atomic mass is 79.9. The van der Waals surface area contributed by atoms with E-state index in [0.29, 0.717) is 48.9 Å². The lowest BCUT2D eigenvalue weighted by Crippen LogP contribution is -2.57. The van der Waals surface area contributed by atoms with Gasteiger partial charge >= 0.3 is 0 Å². The summed E-state index contributed by atoms with van der Waals surface area (Å²) in [4.78, 5) is 26.2. The number of carbonyl (C=O) groups excluding carboxylic acids is 1. The summed E-state index contributed by atoms with van der Waals surface area (Å²) in [6.45, 7) is 6.12. The Bertz CT molecular complexity index is 1440. The molecule has 1 atom stereocenters. The zero-order valence-corrected chi connectivity index (χ0v) is 22.0. The normalized spacial score (nSPS) is 16.5. The van der Waals surface area contributed by atoms with E-state index in [1.165, 1.54) is 12.4 Å². The largest absolute Gasteiger partial charge is 0.353 e. The monoisotopic (exact) mass is 551 g/mol. The van der Waals surface area contributed by atoms with E-state index in [9.17, 15) is 9.18 Å². The number of aromatic nitrogens is 4. The number of nitrogens with one attached hydrogen (secondary N) is 1. The van der Waals surface area contributed by atoms with Crippen molar-refractivity contribution >= 4 is 38.7 Å². The molecule has 186 valence electrons. The van der Waals surface area contributed by atoms with E-state index in [1.54, 1.807) is 17.7 Å². The summed E-state index contributed by atoms with van der Waals surface area (Å²) < 4.78 is 16.8. The van der Waals surface area contributed by atoms with Crippen molar-refractivity contribution in [2.45, 2.75) is 26.4 Å². The molecule has 0 unspecified atom stereocenters. The maximum atomic E-state index is 14.1. The van der Waals surface area contributed by atoms with Crippen molar-refractivity contribution in [2.75, 3.05) is 31.6 Å². The van der Waals surface area contributed by atoms with Crippen LogP contribution in [0.1, 0.15) is 16.7 Å². The number of halogens is 2. The lowest BCUT2D eigenvalue weighted by atomic mass is 10.1. The van der Waals surface area contributed by atoms with Crippen LogP contribution in [0.5, 0.6) is 0 Å². The second-order valence-electron chi connectivity index (χ2n) is 9.19. The number of nitrogens with zero attached hydrogens (tertiary/aromatic N) is 6. The SMILES string of the molecule is Cc1ccc(-n2cc3c(N4CCN(C)[C@@H](C(=O)NCc5ccc(Br)c(C)c5)C4)ncnc3n2)cc1F. The van der Waals surface area contributed by atoms with Crippen LogP contribution in [-0.4, -0.2) is 63.3 Å². The molecule has 5 rings (SSSR count). The maximum Gasteiger partial charge on any atom is 0.239 e. The summed E-state index contributed by atoms with van der Waals surface area (Å²) in [6.07, 6.45) is 3.30. The van der Waals surface area contributed by atoms with Crippen molar-refractivity contribution in [3.8, 4) is 5.69 Å². The number of likely N-dealkylation sites (N-methyl/N-ethyl adjacent to an activating group) is 1. The van der Waals surface area contributed by atoms with Gasteiger partial charge in [0, 0.05) is 36.8 Å². The highest BCUT2D eigenvalue weighted by Crippen LogP contribution is 2.26. The van der Waals surface area contributed by atoms with Gasteiger partial charge in [0.1, 0.15) is 24.0 Å². The van der Waals surface area contributed by atoms with Crippen molar-refractivity contribution in [3.05, 3.63) is 75.9 Å². The summed E-state index contributed by atoms with van der Waals surface area (Å²) in [6, 6.07) is 10.7. The van der Waals surface area contributed by atoms with Crippen LogP contribution in [0.4, 0.5) is 10.2 Å². The van der Waals surface area contributed by atoms with E-state index < -0.39 is 0 Å². The fourth-order valence-corrected chi connectivity index (χ4v) is 4.65. The Labute approximate surface area is 217 Å². The molecule has 1 saturated heterocycles. The molecule has 2 aromatic carbocycles. The minimum Gasteiger partial charge on any atom is -0.353 e. The van der Waals surface area contributed by atoms with Crippen molar-refractivity contribution in [3.63, 3.8) is 0 Å². The molecule has 1 fully saturated rings. The van der Waals surface area contributed by atoms with Gasteiger partial charge in [-0.15, -0.1) is 5.10 Å². The Kier molecular flexibility index (Phi) is 6.72. The fraction of sp³-hybridized carbons (Fsp3) is 0.308. The molecule has 0 bridgehead atoms. The van der Waals surface area contributed by atoms with Crippen LogP contribution < -0.4 is 10.2 Å². The molecule has 1 aliphatic heterocycles. The molecule has 2 aromatic heterocycles. The molecule has 0 saturated carbocycles. The molecule has 3 heterocycles. The number of piperazine rings is 1. The number of hydrogen-bond donors (Lipinski definition) is 1. The Morgan fingerprint density at radius 3 is 2.75 bits per heavy atom. The van der Waals surface area contributed by atoms with Gasteiger partial charge in [0.25, 0.3) is 0 Å². The molecule has 1 amide bonds. The summed E-state index contributed by atoms with van der Waals surface area (Å²) >= 11 is 3.51. The smallest absolute Gasteiger partial charge is 0.239 e. The zero-order chi connectivity index (χ0) is 25.4. The topological polar surface area (TPSA) is 79.2 Å². The van der Waals surface area contributed by atoms with Crippen molar-refractivity contribution in [1.29, 1.82) is 0 Å². The molecule has 4 aromatic rings. The third kappa shape index (κ3) is 4.83. The van der Waals surface area contributed by atoms with Gasteiger partial charge in [0.2, 0.25) is 5.91 Å². The number of amides is 1. The highest BCUT2D eigenvalue weighted by Gasteiger charge is 2.31. The van der Waals surface area contributed by atoms with E-state index in [-0.39, 0.29) is 17.8 Å². The summed E-state index contributed by atoms with van der Waals surface area (Å²) in [7, 11) is 1.96. The van der Waals surface area contributed by atoms with E-state index in [1.807, 2.05) is 38.4 Å². The molecule has 1 aliphatic rings. The third-order valence-corrected chi connectivity index (χ3v) is 7.54. The predicted octanol–water partition coefficient (Wildman–Crippen LogP) is 3.77. The van der Waals surface area contributed by atoms with Crippen LogP contribution in [0, 0.1) is 19.7 Å². The Morgan fingerprint density at radius 1 is 1.14 bits per heavy atom. The number of aryl methyl sites for hydroxylation is 2. The molecular weight excluding hydrogens is 525 g/mol. The van der Waals surface area contributed by atoms with Gasteiger partial charge in [-0.25, -0.2) is 19.0 Å². The first-order valence-corrected chi connectivity index (χ1v) is 12.5. The Hall–Kier alpha value is -3.37. The maximum absolute atomic E-state index is 14.1. The zero-order valence-electron chi connectivity index (χ0n) is 20.4. The van der Waals surface area contributed by atoms with Gasteiger partial charge in [-0.2, -0.15) is 0 Å². The Balaban J connectivity index is 1.35. The second-order valence-corrected chi connectivity index (χ2v) is 10.0. The lowest BCUT2D eigenvalue weighted by molar-refractivity contribution is -0.126. The van der Waals surface area contributed by atoms with Gasteiger partial charge < -0.3 is 10.2 Å². The number of fused-ring (bicyclic) bond motifs is 1. The van der Waals surface area contributed by atoms with E-state index in [4.69, 9.17) is 0 Å². The average Bonchev–Trinajstić information content (AvgIpc) is 3.31. The van der Waals surface area contributed by atoms with Gasteiger partial charge in [-0.3, -0.25) is 9.69 Å². The molecule has 8 nitrogen and oxygen atoms in total. The first kappa shape index (κ1) is 24.3. The van der Waals surface area contributed by atoms with Crippen molar-refractivity contribution in [1.82, 2.24) is 30.0 Å². The quantitative estimate of drug-likeness (QED) is 0.406. The average molecular weight is 552 g/mol. The van der Waals surface area contributed by atoms with E-state index >= 15 is 0 Å². The molecule has 0 aliphatic carbocycles. The van der Waals surface area contributed by atoms with Crippen LogP contribution in [-0.2, 0) is 11.3 Å². The second kappa shape index (κ2) is 9.94. The minimum absolute atomic E-state index is 0.0288. The minimum atomic E-state index is -0.332. The summed E-state index contributed by atoms with van der Waals surface area (Å²) in [5.74, 6) is 0.400. The standard InChI is InChI=1S/C26H27BrFN7O/c1-16-4-6-19(11-22(16)28)35-13-20-24(32-35)30-15-31-25(20)34-9-8-33(3)23(14-34)26(36)29-12-18-5-7-21(27)17(2)10-18/h4-7,10-11,13,15,23H,8-9,12,14H2,1-3H3,(H,29,36)/t23-/m1/s1. The molecule has 10 heteroatoms. The fourth-order valence-electron chi connectivity index (χ4n) is 4.41. The van der Waals surface area contributed by atoms with Crippen LogP contribution in [0.3, 0.4) is 0 Å². The molecule has 36 heavy (non-hydrogen) atoms. The van der Waals surface area contributed by atoms with Gasteiger partial charge in [0.05, 0.1) is 11.1 Å². The summed E-state index contributed by atoms with van der Waals surface area (Å²) in [5.41, 5.74) is 3.89. The highest BCUT2D eigenvalue weighted by molar-refractivity contribution is 9.10. The van der Waals surface area contributed by atoms with Crippen molar-refractivity contribution < 1.29 is 9.18 Å². The number of benzene rings is 2. The first-order chi connectivity index (χ1) is 17.3. The number of carbonyl (C=O) groups is 1. The number of anilines is 1. The lowest BCUT2D eigenvalue weighted by Gasteiger charge is -2.39. The first-order valence-electron chi connectivity index (χ1n) is 11.7. The van der Waals surface area contributed by atoms with Gasteiger partial charge in [-0.05, 0) is 55.8 Å². The third-order valence-electron chi connectivity index (χ3n) is 6.65. The van der Waals surface area contributed by atoms with Gasteiger partial charge in [0.15, 0.2) is 5.65 Å². The van der Waals surface area contributed by atoms with Crippen molar-refractivity contribution in [2.24, 2.45) is 0 Å². The van der Waals surface area contributed by atoms with Crippen LogP contribution in [0.15, 0.2) is 53.4 Å². The predicted molar refractivity (Wildman–Crippen MR) is 141 cm³/mol. The Morgan fingerprint density at radius 2 is 1.97 bits per heavy atom.